The first-order valence-electron chi connectivity index (χ1n) is 3.71. The molecule has 0 aliphatic heterocycles. The normalized spacial score (nSPS) is 11.0. The molecule has 0 spiro atoms. The molecule has 0 aliphatic rings. The summed E-state index contributed by atoms with van der Waals surface area (Å²) in [4.78, 5) is 11.2. The van der Waals surface area contributed by atoms with Crippen molar-refractivity contribution in [2.75, 3.05) is 0 Å². The van der Waals surface area contributed by atoms with Gasteiger partial charge >= 0.3 is 0 Å². The summed E-state index contributed by atoms with van der Waals surface area (Å²) < 4.78 is 3.50. The van der Waals surface area contributed by atoms with Gasteiger partial charge in [0, 0.05) is 18.8 Å². The molecule has 0 atom stereocenters. The molecule has 1 aromatic heterocycles. The van der Waals surface area contributed by atoms with Crippen molar-refractivity contribution >= 4 is 0 Å². The minimum absolute atomic E-state index is 0.0417. The zero-order valence-electron chi connectivity index (χ0n) is 7.38. The predicted octanol–water partition coefficient (Wildman–Crippen LogP) is 0.876. The first kappa shape index (κ1) is 8.11. The van der Waals surface area contributed by atoms with Gasteiger partial charge in [0.25, 0.3) is 5.56 Å². The van der Waals surface area contributed by atoms with Crippen LogP contribution in [0.1, 0.15) is 25.6 Å². The summed E-state index contributed by atoms with van der Waals surface area (Å²) in [5.74, 6) is 0. The van der Waals surface area contributed by atoms with Crippen molar-refractivity contribution in [1.82, 2.24) is 9.36 Å². The van der Waals surface area contributed by atoms with Crippen molar-refractivity contribution in [2.45, 2.75) is 26.8 Å². The summed E-state index contributed by atoms with van der Waals surface area (Å²) in [6, 6.07) is 2.93. The summed E-state index contributed by atoms with van der Waals surface area (Å²) in [6.45, 7) is 5.84. The molecule has 11 heavy (non-hydrogen) atoms. The van der Waals surface area contributed by atoms with Crippen LogP contribution in [-0.4, -0.2) is 9.36 Å². The minimum atomic E-state index is -0.0417. The lowest BCUT2D eigenvalue weighted by molar-refractivity contribution is 0.432. The van der Waals surface area contributed by atoms with Crippen molar-refractivity contribution < 1.29 is 0 Å². The van der Waals surface area contributed by atoms with Gasteiger partial charge in [0.2, 0.25) is 0 Å². The van der Waals surface area contributed by atoms with E-state index in [1.54, 1.807) is 4.68 Å². The molecule has 0 aromatic carbocycles. The van der Waals surface area contributed by atoms with Crippen LogP contribution in [0.5, 0.6) is 0 Å². The molecule has 0 N–H and O–H groups in total. The molecule has 0 unspecified atom stereocenters. The van der Waals surface area contributed by atoms with Crippen LogP contribution in [0.4, 0.5) is 0 Å². The number of hydrogen-bond donors (Lipinski definition) is 0. The van der Waals surface area contributed by atoms with Crippen LogP contribution in [0.25, 0.3) is 0 Å². The van der Waals surface area contributed by atoms with E-state index in [2.05, 4.69) is 6.07 Å². The number of aromatic nitrogens is 2. The Kier molecular flexibility index (Phi) is 1.89. The van der Waals surface area contributed by atoms with E-state index in [1.165, 1.54) is 0 Å². The lowest BCUT2D eigenvalue weighted by atomic mass is 10.4. The van der Waals surface area contributed by atoms with Gasteiger partial charge in [-0.25, -0.2) is 4.68 Å². The summed E-state index contributed by atoms with van der Waals surface area (Å²) in [7, 11) is 1.87. The first-order valence-corrected chi connectivity index (χ1v) is 3.71. The lowest BCUT2D eigenvalue weighted by Crippen LogP contribution is -2.23. The maximum atomic E-state index is 11.2. The van der Waals surface area contributed by atoms with Gasteiger partial charge in [-0.2, -0.15) is 0 Å². The van der Waals surface area contributed by atoms with Gasteiger partial charge in [-0.3, -0.25) is 9.48 Å². The van der Waals surface area contributed by atoms with Gasteiger partial charge in [0.1, 0.15) is 0 Å². The Bertz CT molecular complexity index is 306. The molecular weight excluding hydrogens is 140 g/mol. The van der Waals surface area contributed by atoms with Gasteiger partial charge < -0.3 is 0 Å². The number of aryl methyl sites for hydroxylation is 1. The molecule has 1 radical (unpaired) electrons. The summed E-state index contributed by atoms with van der Waals surface area (Å²) >= 11 is 0. The molecule has 1 rings (SSSR count). The Balaban J connectivity index is 3.34. The largest absolute Gasteiger partial charge is 0.289 e. The van der Waals surface area contributed by atoms with Gasteiger partial charge in [-0.05, 0) is 20.8 Å². The van der Waals surface area contributed by atoms with Crippen LogP contribution in [-0.2, 0) is 7.05 Å². The zero-order chi connectivity index (χ0) is 8.59. The topological polar surface area (TPSA) is 26.9 Å². The monoisotopic (exact) mass is 153 g/mol. The van der Waals surface area contributed by atoms with E-state index in [4.69, 9.17) is 0 Å². The minimum Gasteiger partial charge on any atom is -0.289 e. The number of nitrogens with zero attached hydrogens (tertiary/aromatic N) is 2. The van der Waals surface area contributed by atoms with Crippen LogP contribution >= 0.6 is 0 Å². The Labute approximate surface area is 66.2 Å². The van der Waals surface area contributed by atoms with Crippen molar-refractivity contribution in [3.63, 3.8) is 0 Å². The fraction of sp³-hybridized carbons (Fsp3) is 0.625. The quantitative estimate of drug-likeness (QED) is 0.588. The molecule has 3 nitrogen and oxygen atoms in total. The highest BCUT2D eigenvalue weighted by atomic mass is 16.1. The number of hydrogen-bond acceptors (Lipinski definition) is 1. The fourth-order valence-corrected chi connectivity index (χ4v) is 1.17. The second-order valence-corrected chi connectivity index (χ2v) is 2.98. The van der Waals surface area contributed by atoms with Crippen molar-refractivity contribution in [3.8, 4) is 0 Å². The van der Waals surface area contributed by atoms with Gasteiger partial charge in [0.15, 0.2) is 0 Å². The van der Waals surface area contributed by atoms with Crippen LogP contribution in [0, 0.1) is 13.0 Å². The maximum Gasteiger partial charge on any atom is 0.275 e. The fourth-order valence-electron chi connectivity index (χ4n) is 1.17. The molecule has 0 amide bonds. The molecule has 0 saturated heterocycles. The van der Waals surface area contributed by atoms with Crippen molar-refractivity contribution in [3.05, 3.63) is 22.1 Å². The average Bonchev–Trinajstić information content (AvgIpc) is 2.07. The average molecular weight is 153 g/mol. The highest BCUT2D eigenvalue weighted by molar-refractivity contribution is 4.96. The Morgan fingerprint density at radius 1 is 1.45 bits per heavy atom. The molecule has 61 valence electrons. The van der Waals surface area contributed by atoms with E-state index in [9.17, 15) is 4.79 Å². The third-order valence-corrected chi connectivity index (χ3v) is 1.79. The second kappa shape index (κ2) is 2.57. The molecule has 0 fully saturated rings. The standard InChI is InChI=1S/C8H13N2O/c1-6(2)10-8(11)5-7(3)9(10)4/h6H,1-4H3. The molecule has 3 heteroatoms. The van der Waals surface area contributed by atoms with E-state index in [-0.39, 0.29) is 11.6 Å². The highest BCUT2D eigenvalue weighted by Crippen LogP contribution is 2.01. The molecule has 0 aliphatic carbocycles. The lowest BCUT2D eigenvalue weighted by Gasteiger charge is -2.11. The van der Waals surface area contributed by atoms with Crippen LogP contribution < -0.4 is 5.56 Å². The summed E-state index contributed by atoms with van der Waals surface area (Å²) in [5, 5.41) is 0. The Morgan fingerprint density at radius 3 is 2.18 bits per heavy atom. The second-order valence-electron chi connectivity index (χ2n) is 2.98. The Hall–Kier alpha value is -0.990. The van der Waals surface area contributed by atoms with Gasteiger partial charge in [0.05, 0.1) is 6.07 Å². The maximum absolute atomic E-state index is 11.2. The van der Waals surface area contributed by atoms with E-state index < -0.39 is 0 Å². The predicted molar refractivity (Wildman–Crippen MR) is 43.6 cm³/mol. The Morgan fingerprint density at radius 2 is 2.00 bits per heavy atom. The highest BCUT2D eigenvalue weighted by Gasteiger charge is 2.06. The van der Waals surface area contributed by atoms with E-state index in [0.29, 0.717) is 0 Å². The van der Waals surface area contributed by atoms with Gasteiger partial charge in [-0.1, -0.05) is 0 Å². The third-order valence-electron chi connectivity index (χ3n) is 1.79. The van der Waals surface area contributed by atoms with Gasteiger partial charge in [-0.15, -0.1) is 0 Å². The van der Waals surface area contributed by atoms with Crippen LogP contribution in [0.2, 0.25) is 0 Å². The molecule has 1 heterocycles. The van der Waals surface area contributed by atoms with E-state index in [0.717, 1.165) is 5.69 Å². The van der Waals surface area contributed by atoms with E-state index >= 15 is 0 Å². The third kappa shape index (κ3) is 1.23. The molecule has 1 aromatic rings. The molecular formula is C8H13N2O. The molecule has 0 saturated carbocycles. The van der Waals surface area contributed by atoms with Crippen molar-refractivity contribution in [1.29, 1.82) is 0 Å². The smallest absolute Gasteiger partial charge is 0.275 e. The summed E-state index contributed by atoms with van der Waals surface area (Å²) in [6.07, 6.45) is 0. The SMILES string of the molecule is Cc1[c]c(=O)n(C(C)C)n1C. The summed E-state index contributed by atoms with van der Waals surface area (Å²) in [5.41, 5.74) is 0.837. The first-order chi connectivity index (χ1) is 5.04. The van der Waals surface area contributed by atoms with Crippen LogP contribution in [0.3, 0.4) is 0 Å². The number of rotatable bonds is 1. The van der Waals surface area contributed by atoms with E-state index in [1.807, 2.05) is 32.5 Å². The molecule has 0 bridgehead atoms. The van der Waals surface area contributed by atoms with Crippen LogP contribution in [0.15, 0.2) is 4.79 Å². The zero-order valence-corrected chi connectivity index (χ0v) is 7.38. The van der Waals surface area contributed by atoms with Crippen molar-refractivity contribution in [2.24, 2.45) is 7.05 Å².